The molecule has 4 nitrogen and oxygen atoms in total. The first-order chi connectivity index (χ1) is 11.6. The smallest absolute Gasteiger partial charge is 0.172 e. The maximum Gasteiger partial charge on any atom is 0.172 e. The van der Waals surface area contributed by atoms with Crippen LogP contribution in [0.1, 0.15) is 11.3 Å². The molecule has 2 aromatic heterocycles. The van der Waals surface area contributed by atoms with Crippen molar-refractivity contribution in [1.29, 1.82) is 0 Å². The molecule has 0 spiro atoms. The number of hydrogen-bond donors (Lipinski definition) is 2. The lowest BCUT2D eigenvalue weighted by Gasteiger charge is -2.09. The number of nitrogens with one attached hydrogen (secondary N) is 2. The van der Waals surface area contributed by atoms with Crippen molar-refractivity contribution in [1.82, 2.24) is 10.3 Å². The maximum absolute atomic E-state index is 5.90. The molecule has 0 amide bonds. The second-order valence-electron chi connectivity index (χ2n) is 5.30. The SMILES string of the molecule is Cc1ccnc(NC(=S)NCc2ccc(-c3ccc(Cl)cc3)o2)c1. The average molecular weight is 358 g/mol. The predicted octanol–water partition coefficient (Wildman–Crippen LogP) is 4.79. The monoisotopic (exact) mass is 357 g/mol. The Labute approximate surface area is 150 Å². The Bertz CT molecular complexity index is 845. The molecule has 6 heteroatoms. The minimum atomic E-state index is 0.491. The molecule has 2 N–H and O–H groups in total. The van der Waals surface area contributed by atoms with Crippen molar-refractivity contribution >= 4 is 34.7 Å². The zero-order valence-corrected chi connectivity index (χ0v) is 14.6. The van der Waals surface area contributed by atoms with Gasteiger partial charge in [0.15, 0.2) is 5.11 Å². The number of aromatic nitrogens is 1. The van der Waals surface area contributed by atoms with E-state index in [-0.39, 0.29) is 0 Å². The lowest BCUT2D eigenvalue weighted by molar-refractivity contribution is 0.516. The quantitative estimate of drug-likeness (QED) is 0.657. The van der Waals surface area contributed by atoms with Crippen molar-refractivity contribution in [3.8, 4) is 11.3 Å². The van der Waals surface area contributed by atoms with Gasteiger partial charge in [0.2, 0.25) is 0 Å². The second-order valence-corrected chi connectivity index (χ2v) is 6.14. The zero-order valence-electron chi connectivity index (χ0n) is 13.0. The van der Waals surface area contributed by atoms with Crippen molar-refractivity contribution in [2.75, 3.05) is 5.32 Å². The molecule has 0 aliphatic heterocycles. The van der Waals surface area contributed by atoms with E-state index in [0.29, 0.717) is 22.5 Å². The summed E-state index contributed by atoms with van der Waals surface area (Å²) in [4.78, 5) is 4.21. The molecule has 0 saturated heterocycles. The molecule has 0 aliphatic carbocycles. The summed E-state index contributed by atoms with van der Waals surface area (Å²) < 4.78 is 5.82. The van der Waals surface area contributed by atoms with Gasteiger partial charge < -0.3 is 15.1 Å². The Hall–Kier alpha value is -2.37. The van der Waals surface area contributed by atoms with E-state index in [4.69, 9.17) is 28.2 Å². The van der Waals surface area contributed by atoms with Gasteiger partial charge in [-0.1, -0.05) is 11.6 Å². The van der Waals surface area contributed by atoms with Gasteiger partial charge in [-0.05, 0) is 73.2 Å². The highest BCUT2D eigenvalue weighted by Gasteiger charge is 2.06. The molecule has 0 radical (unpaired) electrons. The van der Waals surface area contributed by atoms with Gasteiger partial charge in [-0.25, -0.2) is 4.98 Å². The van der Waals surface area contributed by atoms with Gasteiger partial charge in [0.05, 0.1) is 6.54 Å². The van der Waals surface area contributed by atoms with Crippen LogP contribution in [0, 0.1) is 6.92 Å². The Morgan fingerprint density at radius 2 is 1.96 bits per heavy atom. The summed E-state index contributed by atoms with van der Waals surface area (Å²) in [6.07, 6.45) is 1.74. The van der Waals surface area contributed by atoms with Crippen LogP contribution in [0.4, 0.5) is 5.82 Å². The van der Waals surface area contributed by atoms with E-state index in [9.17, 15) is 0 Å². The highest BCUT2D eigenvalue weighted by atomic mass is 35.5. The highest BCUT2D eigenvalue weighted by Crippen LogP contribution is 2.23. The number of anilines is 1. The minimum Gasteiger partial charge on any atom is -0.459 e. The maximum atomic E-state index is 5.90. The van der Waals surface area contributed by atoms with Crippen molar-refractivity contribution in [3.05, 3.63) is 71.1 Å². The molecule has 24 heavy (non-hydrogen) atoms. The highest BCUT2D eigenvalue weighted by molar-refractivity contribution is 7.80. The van der Waals surface area contributed by atoms with Crippen LogP contribution in [0.5, 0.6) is 0 Å². The van der Waals surface area contributed by atoms with E-state index in [1.54, 1.807) is 6.20 Å². The Balaban J connectivity index is 1.57. The fraction of sp³-hybridized carbons (Fsp3) is 0.111. The van der Waals surface area contributed by atoms with Crippen molar-refractivity contribution in [2.24, 2.45) is 0 Å². The molecule has 0 bridgehead atoms. The van der Waals surface area contributed by atoms with Gasteiger partial charge in [0.25, 0.3) is 0 Å². The number of halogens is 1. The molecular formula is C18H16ClN3OS. The summed E-state index contributed by atoms with van der Waals surface area (Å²) in [6.45, 7) is 2.50. The number of aryl methyl sites for hydroxylation is 1. The van der Waals surface area contributed by atoms with Gasteiger partial charge in [-0.3, -0.25) is 0 Å². The number of pyridine rings is 1. The first kappa shape index (κ1) is 16.5. The van der Waals surface area contributed by atoms with Crippen molar-refractivity contribution in [2.45, 2.75) is 13.5 Å². The number of nitrogens with zero attached hydrogens (tertiary/aromatic N) is 1. The van der Waals surface area contributed by atoms with E-state index in [0.717, 1.165) is 22.6 Å². The molecule has 0 fully saturated rings. The van der Waals surface area contributed by atoms with E-state index < -0.39 is 0 Å². The zero-order chi connectivity index (χ0) is 16.9. The first-order valence-corrected chi connectivity index (χ1v) is 8.21. The van der Waals surface area contributed by atoms with Crippen LogP contribution in [0.25, 0.3) is 11.3 Å². The number of benzene rings is 1. The molecule has 0 unspecified atom stereocenters. The van der Waals surface area contributed by atoms with Crippen LogP contribution in [0.2, 0.25) is 5.02 Å². The molecular weight excluding hydrogens is 342 g/mol. The number of furan rings is 1. The second kappa shape index (κ2) is 7.47. The van der Waals surface area contributed by atoms with E-state index in [1.165, 1.54) is 0 Å². The molecule has 2 heterocycles. The summed E-state index contributed by atoms with van der Waals surface area (Å²) >= 11 is 11.2. The Morgan fingerprint density at radius 3 is 2.71 bits per heavy atom. The summed E-state index contributed by atoms with van der Waals surface area (Å²) in [5.41, 5.74) is 2.10. The number of rotatable bonds is 4. The Morgan fingerprint density at radius 1 is 1.17 bits per heavy atom. The standard InChI is InChI=1S/C18H16ClN3OS/c1-12-8-9-20-17(10-12)22-18(24)21-11-15-6-7-16(23-15)13-2-4-14(19)5-3-13/h2-10H,11H2,1H3,(H2,20,21,22,24). The number of thiocarbonyl (C=S) groups is 1. The molecule has 0 saturated carbocycles. The average Bonchev–Trinajstić information content (AvgIpc) is 3.03. The molecule has 0 atom stereocenters. The summed E-state index contributed by atoms with van der Waals surface area (Å²) in [5, 5.41) is 7.36. The molecule has 122 valence electrons. The van der Waals surface area contributed by atoms with Crippen LogP contribution in [0.3, 0.4) is 0 Å². The third-order valence-electron chi connectivity index (χ3n) is 3.37. The van der Waals surface area contributed by atoms with Crippen LogP contribution in [0.15, 0.2) is 59.1 Å². The normalized spacial score (nSPS) is 10.4. The van der Waals surface area contributed by atoms with Crippen molar-refractivity contribution in [3.63, 3.8) is 0 Å². The van der Waals surface area contributed by atoms with Crippen LogP contribution in [-0.2, 0) is 6.54 Å². The lowest BCUT2D eigenvalue weighted by Crippen LogP contribution is -2.28. The first-order valence-electron chi connectivity index (χ1n) is 7.42. The van der Waals surface area contributed by atoms with Gasteiger partial charge in [-0.2, -0.15) is 0 Å². The van der Waals surface area contributed by atoms with Crippen LogP contribution >= 0.6 is 23.8 Å². The van der Waals surface area contributed by atoms with Gasteiger partial charge in [-0.15, -0.1) is 0 Å². The fourth-order valence-electron chi connectivity index (χ4n) is 2.17. The fourth-order valence-corrected chi connectivity index (χ4v) is 2.48. The third-order valence-corrected chi connectivity index (χ3v) is 3.87. The van der Waals surface area contributed by atoms with E-state index in [2.05, 4.69) is 15.6 Å². The summed E-state index contributed by atoms with van der Waals surface area (Å²) in [6, 6.07) is 15.2. The molecule has 1 aromatic carbocycles. The number of hydrogen-bond acceptors (Lipinski definition) is 3. The van der Waals surface area contributed by atoms with E-state index >= 15 is 0 Å². The Kier molecular flexibility index (Phi) is 5.13. The van der Waals surface area contributed by atoms with Crippen molar-refractivity contribution < 1.29 is 4.42 Å². The largest absolute Gasteiger partial charge is 0.459 e. The third kappa shape index (κ3) is 4.34. The lowest BCUT2D eigenvalue weighted by atomic mass is 10.2. The van der Waals surface area contributed by atoms with Gasteiger partial charge >= 0.3 is 0 Å². The van der Waals surface area contributed by atoms with E-state index in [1.807, 2.05) is 55.5 Å². The summed E-state index contributed by atoms with van der Waals surface area (Å²) in [7, 11) is 0. The van der Waals surface area contributed by atoms with Crippen LogP contribution < -0.4 is 10.6 Å². The van der Waals surface area contributed by atoms with Gasteiger partial charge in [0.1, 0.15) is 17.3 Å². The topological polar surface area (TPSA) is 50.1 Å². The minimum absolute atomic E-state index is 0.491. The van der Waals surface area contributed by atoms with Crippen LogP contribution in [-0.4, -0.2) is 10.1 Å². The molecule has 3 rings (SSSR count). The van der Waals surface area contributed by atoms with Gasteiger partial charge in [0, 0.05) is 16.8 Å². The summed E-state index contributed by atoms with van der Waals surface area (Å²) in [5.74, 6) is 2.30. The molecule has 3 aromatic rings. The molecule has 0 aliphatic rings. The predicted molar refractivity (Wildman–Crippen MR) is 101 cm³/mol.